The minimum atomic E-state index is -0.891. The SMILES string of the molecule is C#CCOc1ccc(/C=C2\C(=O)NC(=O)N(c3ccc(C(=O)OC)cc3)C2=O)cc1Br. The van der Waals surface area contributed by atoms with E-state index in [0.717, 1.165) is 4.90 Å². The van der Waals surface area contributed by atoms with Crippen LogP contribution in [0.3, 0.4) is 0 Å². The normalized spacial score (nSPS) is 14.8. The summed E-state index contributed by atoms with van der Waals surface area (Å²) < 4.78 is 10.6. The van der Waals surface area contributed by atoms with Crippen LogP contribution in [0, 0.1) is 12.3 Å². The highest BCUT2D eigenvalue weighted by atomic mass is 79.9. The highest BCUT2D eigenvalue weighted by molar-refractivity contribution is 9.10. The number of nitrogens with one attached hydrogen (secondary N) is 1. The summed E-state index contributed by atoms with van der Waals surface area (Å²) in [6, 6.07) is 9.66. The van der Waals surface area contributed by atoms with Crippen LogP contribution >= 0.6 is 15.9 Å². The summed E-state index contributed by atoms with van der Waals surface area (Å²) in [4.78, 5) is 49.9. The van der Waals surface area contributed by atoms with Gasteiger partial charge in [0.2, 0.25) is 0 Å². The van der Waals surface area contributed by atoms with Crippen molar-refractivity contribution in [1.82, 2.24) is 5.32 Å². The second-order valence-electron chi connectivity index (χ2n) is 6.18. The van der Waals surface area contributed by atoms with Gasteiger partial charge in [-0.3, -0.25) is 14.9 Å². The fraction of sp³-hybridized carbons (Fsp3) is 0.0909. The lowest BCUT2D eigenvalue weighted by Gasteiger charge is -2.26. The van der Waals surface area contributed by atoms with Gasteiger partial charge in [-0.2, -0.15) is 0 Å². The van der Waals surface area contributed by atoms with Gasteiger partial charge >= 0.3 is 12.0 Å². The van der Waals surface area contributed by atoms with E-state index in [4.69, 9.17) is 11.2 Å². The summed E-state index contributed by atoms with van der Waals surface area (Å²) in [5.74, 6) is 0.680. The molecule has 0 aromatic heterocycles. The third kappa shape index (κ3) is 4.65. The Labute approximate surface area is 185 Å². The number of benzene rings is 2. The summed E-state index contributed by atoms with van der Waals surface area (Å²) >= 11 is 3.34. The van der Waals surface area contributed by atoms with Gasteiger partial charge in [-0.05, 0) is 64.0 Å². The topological polar surface area (TPSA) is 102 Å². The number of hydrogen-bond donors (Lipinski definition) is 1. The Morgan fingerprint density at radius 1 is 1.19 bits per heavy atom. The lowest BCUT2D eigenvalue weighted by molar-refractivity contribution is -0.122. The number of hydrogen-bond acceptors (Lipinski definition) is 6. The molecule has 0 unspecified atom stereocenters. The Morgan fingerprint density at radius 3 is 2.52 bits per heavy atom. The number of barbiturate groups is 1. The molecular formula is C22H15BrN2O6. The number of carbonyl (C=O) groups excluding carboxylic acids is 4. The highest BCUT2D eigenvalue weighted by Crippen LogP contribution is 2.28. The number of anilines is 1. The Hall–Kier alpha value is -3.90. The van der Waals surface area contributed by atoms with Crippen LogP contribution in [0.25, 0.3) is 6.08 Å². The van der Waals surface area contributed by atoms with E-state index in [1.807, 2.05) is 0 Å². The average molecular weight is 483 g/mol. The molecule has 1 aliphatic heterocycles. The second-order valence-corrected chi connectivity index (χ2v) is 7.03. The van der Waals surface area contributed by atoms with Crippen LogP contribution in [0.2, 0.25) is 0 Å². The van der Waals surface area contributed by atoms with Crippen LogP contribution in [-0.2, 0) is 14.3 Å². The molecule has 156 valence electrons. The number of esters is 1. The maximum absolute atomic E-state index is 12.9. The first-order chi connectivity index (χ1) is 14.8. The lowest BCUT2D eigenvalue weighted by Crippen LogP contribution is -2.54. The minimum absolute atomic E-state index is 0.0891. The molecule has 1 aliphatic rings. The van der Waals surface area contributed by atoms with Crippen molar-refractivity contribution in [2.45, 2.75) is 0 Å². The first-order valence-corrected chi connectivity index (χ1v) is 9.60. The zero-order valence-corrected chi connectivity index (χ0v) is 17.8. The van der Waals surface area contributed by atoms with E-state index in [1.54, 1.807) is 18.2 Å². The van der Waals surface area contributed by atoms with Crippen LogP contribution < -0.4 is 15.0 Å². The molecule has 31 heavy (non-hydrogen) atoms. The van der Waals surface area contributed by atoms with Crippen LogP contribution in [0.5, 0.6) is 5.75 Å². The van der Waals surface area contributed by atoms with E-state index in [1.165, 1.54) is 37.5 Å². The van der Waals surface area contributed by atoms with Gasteiger partial charge in [-0.25, -0.2) is 14.5 Å². The molecule has 0 aliphatic carbocycles. The van der Waals surface area contributed by atoms with Crippen molar-refractivity contribution >= 4 is 51.5 Å². The zero-order valence-electron chi connectivity index (χ0n) is 16.2. The minimum Gasteiger partial charge on any atom is -0.480 e. The largest absolute Gasteiger partial charge is 0.480 e. The van der Waals surface area contributed by atoms with E-state index in [-0.39, 0.29) is 23.4 Å². The maximum Gasteiger partial charge on any atom is 0.337 e. The summed E-state index contributed by atoms with van der Waals surface area (Å²) in [6.45, 7) is 0.0891. The quantitative estimate of drug-likeness (QED) is 0.304. The maximum atomic E-state index is 12.9. The summed E-state index contributed by atoms with van der Waals surface area (Å²) in [6.07, 6.45) is 6.53. The van der Waals surface area contributed by atoms with Crippen molar-refractivity contribution in [3.8, 4) is 18.1 Å². The van der Waals surface area contributed by atoms with Crippen LogP contribution in [0.1, 0.15) is 15.9 Å². The fourth-order valence-corrected chi connectivity index (χ4v) is 3.28. The molecule has 0 saturated carbocycles. The van der Waals surface area contributed by atoms with Gasteiger partial charge < -0.3 is 9.47 Å². The molecular weight excluding hydrogens is 468 g/mol. The van der Waals surface area contributed by atoms with Crippen molar-refractivity contribution in [1.29, 1.82) is 0 Å². The summed E-state index contributed by atoms with van der Waals surface area (Å²) in [5.41, 5.74) is 0.724. The Kier molecular flexibility index (Phi) is 6.52. The smallest absolute Gasteiger partial charge is 0.337 e. The predicted molar refractivity (Wildman–Crippen MR) is 115 cm³/mol. The second kappa shape index (κ2) is 9.28. The van der Waals surface area contributed by atoms with Crippen LogP contribution in [-0.4, -0.2) is 37.5 Å². The van der Waals surface area contributed by atoms with E-state index in [2.05, 4.69) is 31.9 Å². The molecule has 3 rings (SSSR count). The Balaban J connectivity index is 1.91. The third-order valence-electron chi connectivity index (χ3n) is 4.23. The molecule has 2 aromatic rings. The van der Waals surface area contributed by atoms with Crippen molar-refractivity contribution in [2.24, 2.45) is 0 Å². The number of amides is 4. The van der Waals surface area contributed by atoms with Gasteiger partial charge in [-0.15, -0.1) is 6.42 Å². The molecule has 1 fully saturated rings. The molecule has 1 heterocycles. The first-order valence-electron chi connectivity index (χ1n) is 8.81. The van der Waals surface area contributed by atoms with Gasteiger partial charge in [0.1, 0.15) is 17.9 Å². The zero-order chi connectivity index (χ0) is 22.5. The van der Waals surface area contributed by atoms with E-state index < -0.39 is 23.8 Å². The number of nitrogens with zero attached hydrogens (tertiary/aromatic N) is 1. The predicted octanol–water partition coefficient (Wildman–Crippen LogP) is 2.91. The number of carbonyl (C=O) groups is 4. The van der Waals surface area contributed by atoms with Gasteiger partial charge in [0.05, 0.1) is 22.8 Å². The van der Waals surface area contributed by atoms with Crippen molar-refractivity contribution in [3.05, 3.63) is 63.6 Å². The highest BCUT2D eigenvalue weighted by Gasteiger charge is 2.36. The number of halogens is 1. The third-order valence-corrected chi connectivity index (χ3v) is 4.85. The Bertz CT molecular complexity index is 1150. The molecule has 8 nitrogen and oxygen atoms in total. The molecule has 0 spiro atoms. The van der Waals surface area contributed by atoms with Crippen molar-refractivity contribution in [2.75, 3.05) is 18.6 Å². The van der Waals surface area contributed by atoms with Gasteiger partial charge in [0, 0.05) is 0 Å². The average Bonchev–Trinajstić information content (AvgIpc) is 2.76. The van der Waals surface area contributed by atoms with E-state index in [9.17, 15) is 19.2 Å². The molecule has 0 radical (unpaired) electrons. The summed E-state index contributed by atoms with van der Waals surface area (Å²) in [7, 11) is 1.24. The van der Waals surface area contributed by atoms with Crippen molar-refractivity contribution in [3.63, 3.8) is 0 Å². The van der Waals surface area contributed by atoms with E-state index >= 15 is 0 Å². The van der Waals surface area contributed by atoms with Gasteiger partial charge in [-0.1, -0.05) is 12.0 Å². The molecule has 0 bridgehead atoms. The molecule has 0 atom stereocenters. The number of rotatable bonds is 5. The molecule has 4 amide bonds. The Morgan fingerprint density at radius 2 is 1.90 bits per heavy atom. The van der Waals surface area contributed by atoms with E-state index in [0.29, 0.717) is 15.8 Å². The number of urea groups is 1. The lowest BCUT2D eigenvalue weighted by atomic mass is 10.1. The van der Waals surface area contributed by atoms with Crippen LogP contribution in [0.4, 0.5) is 10.5 Å². The van der Waals surface area contributed by atoms with Gasteiger partial charge in [0.15, 0.2) is 0 Å². The summed E-state index contributed by atoms with van der Waals surface area (Å²) in [5, 5.41) is 2.14. The molecule has 2 aromatic carbocycles. The number of methoxy groups -OCH3 is 1. The van der Waals surface area contributed by atoms with Crippen LogP contribution in [0.15, 0.2) is 52.5 Å². The molecule has 1 saturated heterocycles. The number of terminal acetylenes is 1. The standard InChI is InChI=1S/C22H15BrN2O6/c1-3-10-31-18-9-4-13(12-17(18)23)11-16-19(26)24-22(29)25(20(16)27)15-7-5-14(6-8-15)21(28)30-2/h1,4-9,11-12H,10H2,2H3,(H,24,26,29)/b16-11+. The molecule has 1 N–H and O–H groups in total. The van der Waals surface area contributed by atoms with Gasteiger partial charge in [0.25, 0.3) is 11.8 Å². The number of ether oxygens (including phenoxy) is 2. The van der Waals surface area contributed by atoms with Crippen molar-refractivity contribution < 1.29 is 28.7 Å². The molecule has 9 heteroatoms. The fourth-order valence-electron chi connectivity index (χ4n) is 2.77. The first kappa shape index (κ1) is 21.8. The number of imide groups is 2. The monoisotopic (exact) mass is 482 g/mol.